The van der Waals surface area contributed by atoms with Gasteiger partial charge in [0.1, 0.15) is 5.82 Å². The van der Waals surface area contributed by atoms with Crippen LogP contribution >= 0.6 is 27.5 Å². The zero-order valence-electron chi connectivity index (χ0n) is 10.3. The Morgan fingerprint density at radius 2 is 2.05 bits per heavy atom. The number of nitrogens with one attached hydrogen (secondary N) is 1. The van der Waals surface area contributed by atoms with E-state index < -0.39 is 22.3 Å². The fourth-order valence-corrected chi connectivity index (χ4v) is 2.14. The standard InChI is InChI=1S/C13H7BrClFN2O3/c14-12-10(15)2-1-3-11(12)17-13(19)7-4-8(16)6-9(5-7)18(20)21/h1-6H,(H,17,19). The maximum Gasteiger partial charge on any atom is 0.273 e. The molecule has 8 heteroatoms. The Kier molecular flexibility index (Phi) is 4.54. The first-order valence-electron chi connectivity index (χ1n) is 5.59. The number of hydrogen-bond donors (Lipinski definition) is 1. The molecule has 2 aromatic carbocycles. The van der Waals surface area contributed by atoms with Crippen molar-refractivity contribution in [1.29, 1.82) is 0 Å². The van der Waals surface area contributed by atoms with Crippen molar-refractivity contribution in [2.75, 3.05) is 5.32 Å². The van der Waals surface area contributed by atoms with E-state index in [1.807, 2.05) is 0 Å². The quantitative estimate of drug-likeness (QED) is 0.640. The predicted octanol–water partition coefficient (Wildman–Crippen LogP) is 4.40. The number of amides is 1. The Bertz CT molecular complexity index is 739. The highest BCUT2D eigenvalue weighted by Crippen LogP contribution is 2.30. The average molecular weight is 374 g/mol. The third kappa shape index (κ3) is 3.56. The summed E-state index contributed by atoms with van der Waals surface area (Å²) in [5, 5.41) is 13.6. The lowest BCUT2D eigenvalue weighted by atomic mass is 10.1. The Morgan fingerprint density at radius 3 is 2.71 bits per heavy atom. The first kappa shape index (κ1) is 15.4. The number of rotatable bonds is 3. The average Bonchev–Trinajstić information content (AvgIpc) is 2.43. The van der Waals surface area contributed by atoms with Crippen molar-refractivity contribution in [1.82, 2.24) is 0 Å². The second kappa shape index (κ2) is 6.19. The molecule has 0 saturated carbocycles. The van der Waals surface area contributed by atoms with Crippen molar-refractivity contribution >= 4 is 44.8 Å². The maximum atomic E-state index is 13.3. The van der Waals surface area contributed by atoms with Gasteiger partial charge in [0.05, 0.1) is 26.2 Å². The van der Waals surface area contributed by atoms with Gasteiger partial charge in [0, 0.05) is 11.6 Å². The first-order valence-corrected chi connectivity index (χ1v) is 6.76. The van der Waals surface area contributed by atoms with E-state index in [9.17, 15) is 19.3 Å². The molecule has 0 radical (unpaired) electrons. The molecule has 21 heavy (non-hydrogen) atoms. The van der Waals surface area contributed by atoms with Gasteiger partial charge in [-0.25, -0.2) is 4.39 Å². The molecular formula is C13H7BrClFN2O3. The van der Waals surface area contributed by atoms with Gasteiger partial charge in [-0.1, -0.05) is 17.7 Å². The van der Waals surface area contributed by atoms with Crippen LogP contribution in [-0.2, 0) is 0 Å². The fraction of sp³-hybridized carbons (Fsp3) is 0. The number of non-ortho nitro benzene ring substituents is 1. The van der Waals surface area contributed by atoms with E-state index in [0.717, 1.165) is 18.2 Å². The van der Waals surface area contributed by atoms with Gasteiger partial charge >= 0.3 is 0 Å². The van der Waals surface area contributed by atoms with Gasteiger partial charge in [-0.15, -0.1) is 0 Å². The summed E-state index contributed by atoms with van der Waals surface area (Å²) in [6, 6.07) is 7.48. The lowest BCUT2D eigenvalue weighted by Gasteiger charge is -2.08. The van der Waals surface area contributed by atoms with Gasteiger partial charge in [0.25, 0.3) is 11.6 Å². The maximum absolute atomic E-state index is 13.3. The summed E-state index contributed by atoms with van der Waals surface area (Å²) < 4.78 is 13.8. The number of halogens is 3. The molecule has 108 valence electrons. The molecule has 0 fully saturated rings. The minimum absolute atomic E-state index is 0.159. The van der Waals surface area contributed by atoms with E-state index in [1.54, 1.807) is 18.2 Å². The van der Waals surface area contributed by atoms with Crippen LogP contribution in [0.15, 0.2) is 40.9 Å². The molecule has 0 heterocycles. The van der Waals surface area contributed by atoms with Gasteiger partial charge in [0.2, 0.25) is 0 Å². The molecule has 0 aliphatic heterocycles. The zero-order chi connectivity index (χ0) is 15.6. The molecular weight excluding hydrogens is 367 g/mol. The van der Waals surface area contributed by atoms with Crippen LogP contribution in [0, 0.1) is 15.9 Å². The monoisotopic (exact) mass is 372 g/mol. The summed E-state index contributed by atoms with van der Waals surface area (Å²) in [5.74, 6) is -1.54. The minimum atomic E-state index is -0.862. The summed E-state index contributed by atoms with van der Waals surface area (Å²) in [7, 11) is 0. The van der Waals surface area contributed by atoms with Crippen LogP contribution in [0.25, 0.3) is 0 Å². The lowest BCUT2D eigenvalue weighted by molar-refractivity contribution is -0.385. The van der Waals surface area contributed by atoms with Gasteiger partial charge in [-0.2, -0.15) is 0 Å². The molecule has 0 spiro atoms. The first-order chi connectivity index (χ1) is 9.88. The SMILES string of the molecule is O=C(Nc1cccc(Cl)c1Br)c1cc(F)cc([N+](=O)[O-])c1. The number of anilines is 1. The second-order valence-electron chi connectivity index (χ2n) is 4.01. The Labute approximate surface area is 132 Å². The van der Waals surface area contributed by atoms with Gasteiger partial charge in [0.15, 0.2) is 0 Å². The molecule has 0 bridgehead atoms. The molecule has 5 nitrogen and oxygen atoms in total. The number of nitro benzene ring substituents is 1. The molecule has 0 aliphatic carbocycles. The van der Waals surface area contributed by atoms with Gasteiger partial charge in [-0.05, 0) is 34.1 Å². The van der Waals surface area contributed by atoms with Crippen molar-refractivity contribution in [3.63, 3.8) is 0 Å². The van der Waals surface area contributed by atoms with Crippen LogP contribution < -0.4 is 5.32 Å². The van der Waals surface area contributed by atoms with E-state index in [2.05, 4.69) is 21.2 Å². The molecule has 2 aromatic rings. The van der Waals surface area contributed by atoms with Crippen LogP contribution in [0.1, 0.15) is 10.4 Å². The highest BCUT2D eigenvalue weighted by Gasteiger charge is 2.16. The van der Waals surface area contributed by atoms with Crippen LogP contribution in [-0.4, -0.2) is 10.8 Å². The number of nitro groups is 1. The highest BCUT2D eigenvalue weighted by molar-refractivity contribution is 9.10. The number of benzene rings is 2. The highest BCUT2D eigenvalue weighted by atomic mass is 79.9. The van der Waals surface area contributed by atoms with Crippen molar-refractivity contribution in [3.8, 4) is 0 Å². The van der Waals surface area contributed by atoms with Crippen LogP contribution in [0.2, 0.25) is 5.02 Å². The van der Waals surface area contributed by atoms with E-state index in [0.29, 0.717) is 15.2 Å². The van der Waals surface area contributed by atoms with E-state index in [-0.39, 0.29) is 5.56 Å². The minimum Gasteiger partial charge on any atom is -0.321 e. The van der Waals surface area contributed by atoms with Crippen LogP contribution in [0.5, 0.6) is 0 Å². The summed E-state index contributed by atoms with van der Waals surface area (Å²) >= 11 is 9.09. The van der Waals surface area contributed by atoms with Crippen LogP contribution in [0.3, 0.4) is 0 Å². The van der Waals surface area contributed by atoms with E-state index >= 15 is 0 Å². The van der Waals surface area contributed by atoms with Crippen molar-refractivity contribution in [2.24, 2.45) is 0 Å². The zero-order valence-corrected chi connectivity index (χ0v) is 12.6. The number of nitrogens with zero attached hydrogens (tertiary/aromatic N) is 1. The molecule has 0 aromatic heterocycles. The van der Waals surface area contributed by atoms with E-state index in [1.165, 1.54) is 0 Å². The summed E-state index contributed by atoms with van der Waals surface area (Å²) in [5.41, 5.74) is -0.279. The molecule has 0 saturated heterocycles. The van der Waals surface area contributed by atoms with Crippen molar-refractivity contribution < 1.29 is 14.1 Å². The lowest BCUT2D eigenvalue weighted by Crippen LogP contribution is -2.13. The Balaban J connectivity index is 2.32. The van der Waals surface area contributed by atoms with Crippen molar-refractivity contribution in [2.45, 2.75) is 0 Å². The smallest absolute Gasteiger partial charge is 0.273 e. The molecule has 0 atom stereocenters. The third-order valence-electron chi connectivity index (χ3n) is 2.56. The molecule has 0 aliphatic rings. The second-order valence-corrected chi connectivity index (χ2v) is 5.21. The summed E-state index contributed by atoms with van der Waals surface area (Å²) in [6.07, 6.45) is 0. The van der Waals surface area contributed by atoms with Gasteiger partial charge < -0.3 is 5.32 Å². The Morgan fingerprint density at radius 1 is 1.33 bits per heavy atom. The largest absolute Gasteiger partial charge is 0.321 e. The molecule has 2 rings (SSSR count). The summed E-state index contributed by atoms with van der Waals surface area (Å²) in [4.78, 5) is 21.9. The van der Waals surface area contributed by atoms with Crippen LogP contribution in [0.4, 0.5) is 15.8 Å². The fourth-order valence-electron chi connectivity index (χ4n) is 1.61. The van der Waals surface area contributed by atoms with E-state index in [4.69, 9.17) is 11.6 Å². The molecule has 1 amide bonds. The number of carbonyl (C=O) groups is 1. The topological polar surface area (TPSA) is 72.2 Å². The van der Waals surface area contributed by atoms with Gasteiger partial charge in [-0.3, -0.25) is 14.9 Å². The summed E-state index contributed by atoms with van der Waals surface area (Å²) in [6.45, 7) is 0. The normalized spacial score (nSPS) is 10.2. The number of carbonyl (C=O) groups excluding carboxylic acids is 1. The number of hydrogen-bond acceptors (Lipinski definition) is 3. The van der Waals surface area contributed by atoms with Crippen molar-refractivity contribution in [3.05, 3.63) is 67.4 Å². The predicted molar refractivity (Wildman–Crippen MR) is 80.2 cm³/mol. The third-order valence-corrected chi connectivity index (χ3v) is 3.95. The molecule has 1 N–H and O–H groups in total. The molecule has 0 unspecified atom stereocenters. The Hall–Kier alpha value is -1.99.